The first kappa shape index (κ1) is 13.5. The van der Waals surface area contributed by atoms with E-state index in [4.69, 9.17) is 5.73 Å². The predicted molar refractivity (Wildman–Crippen MR) is 82.7 cm³/mol. The maximum atomic E-state index is 6.02. The Labute approximate surface area is 120 Å². The van der Waals surface area contributed by atoms with Crippen molar-refractivity contribution in [3.63, 3.8) is 0 Å². The first-order valence-electron chi connectivity index (χ1n) is 7.43. The first-order chi connectivity index (χ1) is 9.24. The minimum Gasteiger partial charge on any atom is -0.328 e. The van der Waals surface area contributed by atoms with Gasteiger partial charge in [0, 0.05) is 29.2 Å². The molecular weight excluding hydrogens is 252 g/mol. The molecule has 3 rings (SSSR count). The van der Waals surface area contributed by atoms with Crippen LogP contribution in [0.1, 0.15) is 31.2 Å². The van der Waals surface area contributed by atoms with Gasteiger partial charge in [-0.2, -0.15) is 0 Å². The highest BCUT2D eigenvalue weighted by Crippen LogP contribution is 2.40. The summed E-state index contributed by atoms with van der Waals surface area (Å²) in [7, 11) is 0. The Morgan fingerprint density at radius 1 is 1.32 bits per heavy atom. The largest absolute Gasteiger partial charge is 0.328 e. The number of piperidine rings is 1. The van der Waals surface area contributed by atoms with Gasteiger partial charge < -0.3 is 10.6 Å². The molecule has 0 bridgehead atoms. The molecule has 2 aliphatic rings. The average molecular weight is 276 g/mol. The van der Waals surface area contributed by atoms with Gasteiger partial charge in [0.2, 0.25) is 0 Å². The molecule has 0 amide bonds. The topological polar surface area (TPSA) is 29.3 Å². The minimum atomic E-state index is 0.366. The highest BCUT2D eigenvalue weighted by molar-refractivity contribution is 7.99. The molecule has 104 valence electrons. The standard InChI is InChI=1S/C16H24N2S/c1-12(17)13-6-8-18(9-7-13)10-14-11-19-16-5-3-2-4-15(14)16/h2-5,12-14H,6-11,17H2,1H3. The summed E-state index contributed by atoms with van der Waals surface area (Å²) >= 11 is 2.02. The number of hydrogen-bond donors (Lipinski definition) is 1. The van der Waals surface area contributed by atoms with Gasteiger partial charge in [-0.3, -0.25) is 0 Å². The molecule has 1 aromatic carbocycles. The van der Waals surface area contributed by atoms with Crippen molar-refractivity contribution in [1.82, 2.24) is 4.90 Å². The van der Waals surface area contributed by atoms with Gasteiger partial charge in [-0.15, -0.1) is 11.8 Å². The number of nitrogens with two attached hydrogens (primary N) is 1. The molecule has 19 heavy (non-hydrogen) atoms. The predicted octanol–water partition coefficient (Wildman–Crippen LogP) is 2.94. The average Bonchev–Trinajstić information content (AvgIpc) is 2.83. The van der Waals surface area contributed by atoms with Crippen molar-refractivity contribution in [3.8, 4) is 0 Å². The van der Waals surface area contributed by atoms with Crippen LogP contribution in [0.15, 0.2) is 29.2 Å². The van der Waals surface area contributed by atoms with E-state index in [1.807, 2.05) is 11.8 Å². The van der Waals surface area contributed by atoms with E-state index in [-0.39, 0.29) is 0 Å². The van der Waals surface area contributed by atoms with Crippen molar-refractivity contribution >= 4 is 11.8 Å². The maximum Gasteiger partial charge on any atom is 0.0108 e. The van der Waals surface area contributed by atoms with Crippen LogP contribution in [0.4, 0.5) is 0 Å². The third-order valence-corrected chi connectivity index (χ3v) is 5.91. The molecule has 1 fully saturated rings. The smallest absolute Gasteiger partial charge is 0.0108 e. The molecule has 0 saturated carbocycles. The summed E-state index contributed by atoms with van der Waals surface area (Å²) in [6, 6.07) is 9.28. The fraction of sp³-hybridized carbons (Fsp3) is 0.625. The molecule has 2 heterocycles. The van der Waals surface area contributed by atoms with Crippen LogP contribution in [0.25, 0.3) is 0 Å². The molecule has 2 unspecified atom stereocenters. The molecule has 2 nitrogen and oxygen atoms in total. The van der Waals surface area contributed by atoms with E-state index < -0.39 is 0 Å². The highest BCUT2D eigenvalue weighted by Gasteiger charge is 2.27. The van der Waals surface area contributed by atoms with Crippen molar-refractivity contribution in [3.05, 3.63) is 29.8 Å². The van der Waals surface area contributed by atoms with Crippen LogP contribution >= 0.6 is 11.8 Å². The Morgan fingerprint density at radius 3 is 2.79 bits per heavy atom. The Balaban J connectivity index is 1.57. The lowest BCUT2D eigenvalue weighted by molar-refractivity contribution is 0.166. The van der Waals surface area contributed by atoms with Gasteiger partial charge in [0.15, 0.2) is 0 Å². The molecule has 0 radical (unpaired) electrons. The van der Waals surface area contributed by atoms with Crippen molar-refractivity contribution in [1.29, 1.82) is 0 Å². The maximum absolute atomic E-state index is 6.02. The van der Waals surface area contributed by atoms with Gasteiger partial charge >= 0.3 is 0 Å². The van der Waals surface area contributed by atoms with E-state index in [2.05, 4.69) is 36.1 Å². The van der Waals surface area contributed by atoms with E-state index in [1.54, 1.807) is 5.56 Å². The number of fused-ring (bicyclic) bond motifs is 1. The lowest BCUT2D eigenvalue weighted by Gasteiger charge is -2.35. The second-order valence-corrected chi connectivity index (χ2v) is 7.10. The quantitative estimate of drug-likeness (QED) is 0.920. The monoisotopic (exact) mass is 276 g/mol. The first-order valence-corrected chi connectivity index (χ1v) is 8.42. The van der Waals surface area contributed by atoms with Crippen LogP contribution in [-0.4, -0.2) is 36.3 Å². The third-order valence-electron chi connectivity index (χ3n) is 4.65. The molecule has 2 aliphatic heterocycles. The molecule has 1 saturated heterocycles. The van der Waals surface area contributed by atoms with Crippen LogP contribution in [0, 0.1) is 5.92 Å². The van der Waals surface area contributed by atoms with Gasteiger partial charge in [0.25, 0.3) is 0 Å². The molecular formula is C16H24N2S. The summed E-state index contributed by atoms with van der Waals surface area (Å²) in [4.78, 5) is 4.14. The van der Waals surface area contributed by atoms with Gasteiger partial charge in [-0.1, -0.05) is 18.2 Å². The lowest BCUT2D eigenvalue weighted by Crippen LogP contribution is -2.41. The van der Waals surface area contributed by atoms with Crippen molar-refractivity contribution < 1.29 is 0 Å². The van der Waals surface area contributed by atoms with Crippen LogP contribution in [0.5, 0.6) is 0 Å². The fourth-order valence-corrected chi connectivity index (χ4v) is 4.60. The highest BCUT2D eigenvalue weighted by atomic mass is 32.2. The Hall–Kier alpha value is -0.510. The van der Waals surface area contributed by atoms with E-state index in [0.717, 1.165) is 11.8 Å². The molecule has 0 aromatic heterocycles. The number of benzene rings is 1. The second-order valence-electron chi connectivity index (χ2n) is 6.04. The zero-order valence-corrected chi connectivity index (χ0v) is 12.5. The summed E-state index contributed by atoms with van der Waals surface area (Å²) in [6.45, 7) is 5.85. The van der Waals surface area contributed by atoms with E-state index in [1.165, 1.54) is 43.1 Å². The lowest BCUT2D eigenvalue weighted by atomic mass is 9.90. The van der Waals surface area contributed by atoms with Crippen LogP contribution < -0.4 is 5.73 Å². The normalized spacial score (nSPS) is 26.3. The zero-order valence-electron chi connectivity index (χ0n) is 11.7. The van der Waals surface area contributed by atoms with Crippen LogP contribution in [0.3, 0.4) is 0 Å². The molecule has 3 heteroatoms. The number of rotatable bonds is 3. The molecule has 0 aliphatic carbocycles. The Bertz CT molecular complexity index is 425. The molecule has 2 N–H and O–H groups in total. The molecule has 1 aromatic rings. The molecule has 0 spiro atoms. The Kier molecular flexibility index (Phi) is 4.15. The summed E-state index contributed by atoms with van der Waals surface area (Å²) in [5, 5.41) is 0. The summed E-state index contributed by atoms with van der Waals surface area (Å²) in [6.07, 6.45) is 2.55. The van der Waals surface area contributed by atoms with Gasteiger partial charge in [-0.05, 0) is 50.4 Å². The summed E-state index contributed by atoms with van der Waals surface area (Å²) in [5.41, 5.74) is 7.59. The SMILES string of the molecule is CC(N)C1CCN(CC2CSc3ccccc32)CC1. The van der Waals surface area contributed by atoms with Gasteiger partial charge in [-0.25, -0.2) is 0 Å². The van der Waals surface area contributed by atoms with Crippen LogP contribution in [-0.2, 0) is 0 Å². The van der Waals surface area contributed by atoms with E-state index in [0.29, 0.717) is 6.04 Å². The number of thioether (sulfide) groups is 1. The van der Waals surface area contributed by atoms with Crippen molar-refractivity contribution in [2.45, 2.75) is 36.6 Å². The minimum absolute atomic E-state index is 0.366. The van der Waals surface area contributed by atoms with Crippen molar-refractivity contribution in [2.75, 3.05) is 25.4 Å². The summed E-state index contributed by atoms with van der Waals surface area (Å²) in [5.74, 6) is 2.72. The fourth-order valence-electron chi connectivity index (χ4n) is 3.35. The van der Waals surface area contributed by atoms with Gasteiger partial charge in [0.1, 0.15) is 0 Å². The van der Waals surface area contributed by atoms with Gasteiger partial charge in [0.05, 0.1) is 0 Å². The summed E-state index contributed by atoms with van der Waals surface area (Å²) < 4.78 is 0. The second kappa shape index (κ2) is 5.86. The number of likely N-dealkylation sites (tertiary alicyclic amines) is 1. The van der Waals surface area contributed by atoms with E-state index >= 15 is 0 Å². The van der Waals surface area contributed by atoms with E-state index in [9.17, 15) is 0 Å². The van der Waals surface area contributed by atoms with Crippen molar-refractivity contribution in [2.24, 2.45) is 11.7 Å². The third kappa shape index (κ3) is 2.99. The molecule has 2 atom stereocenters. The number of nitrogens with zero attached hydrogens (tertiary/aromatic N) is 1. The Morgan fingerprint density at radius 2 is 2.05 bits per heavy atom. The van der Waals surface area contributed by atoms with Crippen LogP contribution in [0.2, 0.25) is 0 Å². The zero-order chi connectivity index (χ0) is 13.2. The number of hydrogen-bond acceptors (Lipinski definition) is 3.